The van der Waals surface area contributed by atoms with E-state index in [0.29, 0.717) is 0 Å². The van der Waals surface area contributed by atoms with Crippen molar-refractivity contribution in [3.05, 3.63) is 36.1 Å². The van der Waals surface area contributed by atoms with E-state index in [1.54, 1.807) is 6.07 Å². The van der Waals surface area contributed by atoms with Crippen molar-refractivity contribution in [1.82, 2.24) is 4.98 Å². The first-order chi connectivity index (χ1) is 8.15. The number of nitrogens with one attached hydrogen (secondary N) is 1. The minimum absolute atomic E-state index is 0.0670. The maximum absolute atomic E-state index is 11.5. The molecule has 2 aromatic heterocycles. The van der Waals surface area contributed by atoms with E-state index >= 15 is 0 Å². The molecule has 0 atom stereocenters. The summed E-state index contributed by atoms with van der Waals surface area (Å²) in [7, 11) is 0. The van der Waals surface area contributed by atoms with Crippen molar-refractivity contribution >= 4 is 17.9 Å². The van der Waals surface area contributed by atoms with Crippen LogP contribution in [-0.2, 0) is 11.2 Å². The summed E-state index contributed by atoms with van der Waals surface area (Å²) in [5, 5.41) is 10.9. The number of carboxylic acid groups (broad SMARTS) is 1. The summed E-state index contributed by atoms with van der Waals surface area (Å²) in [5.41, 5.74) is 0.229. The van der Waals surface area contributed by atoms with Crippen molar-refractivity contribution in [3.63, 3.8) is 0 Å². The summed E-state index contributed by atoms with van der Waals surface area (Å²) in [5.74, 6) is -1.43. The van der Waals surface area contributed by atoms with Crippen molar-refractivity contribution in [2.75, 3.05) is 5.32 Å². The van der Waals surface area contributed by atoms with E-state index in [4.69, 9.17) is 13.9 Å². The molecule has 0 aliphatic rings. The van der Waals surface area contributed by atoms with Crippen LogP contribution in [0.2, 0.25) is 0 Å². The minimum Gasteiger partial charge on any atom is -0.481 e. The van der Waals surface area contributed by atoms with Gasteiger partial charge in [0, 0.05) is 0 Å². The van der Waals surface area contributed by atoms with Crippen LogP contribution in [0.25, 0.3) is 0 Å². The van der Waals surface area contributed by atoms with Gasteiger partial charge in [-0.3, -0.25) is 14.9 Å². The van der Waals surface area contributed by atoms with E-state index in [9.17, 15) is 9.59 Å². The fourth-order valence-electron chi connectivity index (χ4n) is 1.17. The molecular formula is C10H8N2O5. The minimum atomic E-state index is -1.03. The van der Waals surface area contributed by atoms with Crippen molar-refractivity contribution in [2.24, 2.45) is 0 Å². The van der Waals surface area contributed by atoms with E-state index < -0.39 is 11.9 Å². The first kappa shape index (κ1) is 10.9. The van der Waals surface area contributed by atoms with Gasteiger partial charge in [0.05, 0.1) is 18.4 Å². The van der Waals surface area contributed by atoms with Gasteiger partial charge in [-0.05, 0) is 12.1 Å². The standard InChI is InChI=1S/C10H8N2O5/c13-8(14)4-6-5-17-10(11-6)12-9(15)7-2-1-3-16-7/h1-3,5H,4H2,(H,13,14)(H,11,12,15). The van der Waals surface area contributed by atoms with Crippen LogP contribution in [0.3, 0.4) is 0 Å². The molecule has 0 aliphatic carbocycles. The molecule has 0 saturated heterocycles. The van der Waals surface area contributed by atoms with Crippen molar-refractivity contribution in [2.45, 2.75) is 6.42 Å². The zero-order valence-corrected chi connectivity index (χ0v) is 8.54. The second-order valence-corrected chi connectivity index (χ2v) is 3.15. The van der Waals surface area contributed by atoms with E-state index in [1.165, 1.54) is 18.6 Å². The van der Waals surface area contributed by atoms with Gasteiger partial charge in [0.25, 0.3) is 5.91 Å². The third-order valence-corrected chi connectivity index (χ3v) is 1.85. The van der Waals surface area contributed by atoms with Crippen LogP contribution in [0.15, 0.2) is 33.5 Å². The lowest BCUT2D eigenvalue weighted by Gasteiger charge is -1.95. The number of rotatable bonds is 4. The van der Waals surface area contributed by atoms with Gasteiger partial charge >= 0.3 is 12.0 Å². The van der Waals surface area contributed by atoms with Gasteiger partial charge < -0.3 is 13.9 Å². The van der Waals surface area contributed by atoms with Gasteiger partial charge in [-0.25, -0.2) is 0 Å². The summed E-state index contributed by atoms with van der Waals surface area (Å²) in [4.78, 5) is 25.7. The summed E-state index contributed by atoms with van der Waals surface area (Å²) in [6.07, 6.45) is 2.27. The smallest absolute Gasteiger partial charge is 0.309 e. The average molecular weight is 236 g/mol. The van der Waals surface area contributed by atoms with Gasteiger partial charge in [0.2, 0.25) is 0 Å². The molecule has 0 saturated carbocycles. The van der Waals surface area contributed by atoms with E-state index in [2.05, 4.69) is 10.3 Å². The van der Waals surface area contributed by atoms with E-state index in [0.717, 1.165) is 0 Å². The van der Waals surface area contributed by atoms with E-state index in [-0.39, 0.29) is 23.9 Å². The second-order valence-electron chi connectivity index (χ2n) is 3.15. The molecule has 0 radical (unpaired) electrons. The number of aromatic nitrogens is 1. The highest BCUT2D eigenvalue weighted by molar-refractivity contribution is 6.00. The molecule has 17 heavy (non-hydrogen) atoms. The number of aliphatic carboxylic acids is 1. The first-order valence-corrected chi connectivity index (χ1v) is 4.66. The van der Waals surface area contributed by atoms with Crippen LogP contribution in [0.4, 0.5) is 6.01 Å². The molecule has 0 unspecified atom stereocenters. The number of nitrogens with zero attached hydrogens (tertiary/aromatic N) is 1. The lowest BCUT2D eigenvalue weighted by molar-refractivity contribution is -0.136. The maximum atomic E-state index is 11.5. The van der Waals surface area contributed by atoms with Gasteiger partial charge in [0.1, 0.15) is 6.26 Å². The highest BCUT2D eigenvalue weighted by Crippen LogP contribution is 2.10. The van der Waals surface area contributed by atoms with Gasteiger partial charge in [-0.1, -0.05) is 0 Å². The molecule has 2 heterocycles. The van der Waals surface area contributed by atoms with Crippen LogP contribution in [0.5, 0.6) is 0 Å². The molecule has 0 bridgehead atoms. The highest BCUT2D eigenvalue weighted by Gasteiger charge is 2.13. The fourth-order valence-corrected chi connectivity index (χ4v) is 1.17. The molecule has 0 fully saturated rings. The molecular weight excluding hydrogens is 228 g/mol. The predicted molar refractivity (Wildman–Crippen MR) is 54.5 cm³/mol. The Morgan fingerprint density at radius 1 is 1.41 bits per heavy atom. The third kappa shape index (κ3) is 2.71. The predicted octanol–water partition coefficient (Wildman–Crippen LogP) is 1.15. The molecule has 0 aliphatic heterocycles. The van der Waals surface area contributed by atoms with E-state index in [1.807, 2.05) is 0 Å². The number of amides is 1. The monoisotopic (exact) mass is 236 g/mol. The molecule has 0 spiro atoms. The number of furan rings is 1. The number of carbonyl (C=O) groups is 2. The summed E-state index contributed by atoms with van der Waals surface area (Å²) in [6.45, 7) is 0. The number of hydrogen-bond acceptors (Lipinski definition) is 5. The molecule has 2 N–H and O–H groups in total. The Bertz CT molecular complexity index is 529. The zero-order chi connectivity index (χ0) is 12.3. The maximum Gasteiger partial charge on any atom is 0.309 e. The number of oxazole rings is 1. The Kier molecular flexibility index (Phi) is 2.91. The van der Waals surface area contributed by atoms with Crippen molar-refractivity contribution in [3.8, 4) is 0 Å². The third-order valence-electron chi connectivity index (χ3n) is 1.85. The lowest BCUT2D eigenvalue weighted by atomic mass is 10.3. The number of anilines is 1. The zero-order valence-electron chi connectivity index (χ0n) is 8.54. The quantitative estimate of drug-likeness (QED) is 0.824. The summed E-state index contributed by atoms with van der Waals surface area (Å²) < 4.78 is 9.75. The van der Waals surface area contributed by atoms with Crippen LogP contribution >= 0.6 is 0 Å². The SMILES string of the molecule is O=C(O)Cc1coc(NC(=O)c2ccco2)n1. The molecule has 2 rings (SSSR count). The Morgan fingerprint density at radius 3 is 2.88 bits per heavy atom. The lowest BCUT2D eigenvalue weighted by Crippen LogP contribution is -2.11. The first-order valence-electron chi connectivity index (χ1n) is 4.66. The molecule has 0 aromatic carbocycles. The number of carbonyl (C=O) groups excluding carboxylic acids is 1. The molecule has 1 amide bonds. The Morgan fingerprint density at radius 2 is 2.24 bits per heavy atom. The Labute approximate surface area is 95.1 Å². The number of hydrogen-bond donors (Lipinski definition) is 2. The fraction of sp³-hybridized carbons (Fsp3) is 0.100. The van der Waals surface area contributed by atoms with Crippen molar-refractivity contribution < 1.29 is 23.5 Å². The second kappa shape index (κ2) is 4.52. The van der Waals surface area contributed by atoms with Crippen LogP contribution in [0.1, 0.15) is 16.2 Å². The van der Waals surface area contributed by atoms with Crippen LogP contribution < -0.4 is 5.32 Å². The topological polar surface area (TPSA) is 106 Å². The van der Waals surface area contributed by atoms with Gasteiger partial charge in [-0.2, -0.15) is 4.98 Å². The molecule has 7 heteroatoms. The molecule has 88 valence electrons. The Hall–Kier alpha value is -2.57. The van der Waals surface area contributed by atoms with Gasteiger partial charge in [-0.15, -0.1) is 0 Å². The largest absolute Gasteiger partial charge is 0.481 e. The van der Waals surface area contributed by atoms with Crippen molar-refractivity contribution in [1.29, 1.82) is 0 Å². The highest BCUT2D eigenvalue weighted by atomic mass is 16.4. The van der Waals surface area contributed by atoms with Crippen LogP contribution in [-0.4, -0.2) is 22.0 Å². The summed E-state index contributed by atoms with van der Waals surface area (Å²) in [6, 6.07) is 2.99. The summed E-state index contributed by atoms with van der Waals surface area (Å²) >= 11 is 0. The average Bonchev–Trinajstić information content (AvgIpc) is 2.87. The number of carboxylic acids is 1. The normalized spacial score (nSPS) is 10.1. The molecule has 7 nitrogen and oxygen atoms in total. The van der Waals surface area contributed by atoms with Gasteiger partial charge in [0.15, 0.2) is 5.76 Å². The Balaban J connectivity index is 2.02. The molecule has 2 aromatic rings. The van der Waals surface area contributed by atoms with Crippen LogP contribution in [0, 0.1) is 0 Å².